The highest BCUT2D eigenvalue weighted by Crippen LogP contribution is 2.14. The highest BCUT2D eigenvalue weighted by atomic mass is 32.1. The largest absolute Gasteiger partial charge is 0.321 e. The van der Waals surface area contributed by atoms with Crippen LogP contribution in [-0.4, -0.2) is 25.3 Å². The highest BCUT2D eigenvalue weighted by molar-refractivity contribution is 7.07. The number of hydrogen-bond donors (Lipinski definition) is 1. The van der Waals surface area contributed by atoms with E-state index in [1.165, 1.54) is 6.20 Å². The number of nitrogens with one attached hydrogen (secondary N) is 1. The summed E-state index contributed by atoms with van der Waals surface area (Å²) < 4.78 is 5.50. The molecule has 20 heavy (non-hydrogen) atoms. The van der Waals surface area contributed by atoms with E-state index in [1.807, 2.05) is 41.2 Å². The maximum atomic E-state index is 11.9. The predicted molar refractivity (Wildman–Crippen MR) is 75.6 cm³/mol. The standard InChI is InChI=1S/C13H11N5OS/c19-13(12-8-14-17-20-12)16-11-4-1-3-10(7-11)9-18-6-2-5-15-18/h1-8H,9H2,(H,16,19). The number of benzene rings is 1. The monoisotopic (exact) mass is 285 g/mol. The zero-order chi connectivity index (χ0) is 13.8. The molecular weight excluding hydrogens is 274 g/mol. The molecular formula is C13H11N5OS. The molecule has 0 fully saturated rings. The Morgan fingerprint density at radius 2 is 2.30 bits per heavy atom. The lowest BCUT2D eigenvalue weighted by Crippen LogP contribution is -2.10. The van der Waals surface area contributed by atoms with Crippen LogP contribution in [0.25, 0.3) is 0 Å². The van der Waals surface area contributed by atoms with E-state index in [9.17, 15) is 4.79 Å². The quantitative estimate of drug-likeness (QED) is 0.796. The third kappa shape index (κ3) is 2.89. The first-order valence-electron chi connectivity index (χ1n) is 5.96. The SMILES string of the molecule is O=C(Nc1cccc(Cn2cccn2)c1)c1cnns1. The van der Waals surface area contributed by atoms with Gasteiger partial charge in [0.15, 0.2) is 0 Å². The van der Waals surface area contributed by atoms with E-state index in [4.69, 9.17) is 0 Å². The normalized spacial score (nSPS) is 10.4. The third-order valence-electron chi connectivity index (χ3n) is 2.67. The minimum atomic E-state index is -0.198. The van der Waals surface area contributed by atoms with Gasteiger partial charge in [-0.05, 0) is 35.3 Å². The minimum absolute atomic E-state index is 0.198. The zero-order valence-electron chi connectivity index (χ0n) is 10.4. The summed E-state index contributed by atoms with van der Waals surface area (Å²) in [5.74, 6) is -0.198. The van der Waals surface area contributed by atoms with E-state index < -0.39 is 0 Å². The number of hydrogen-bond acceptors (Lipinski definition) is 5. The predicted octanol–water partition coefficient (Wildman–Crippen LogP) is 2.04. The molecule has 3 rings (SSSR count). The maximum Gasteiger partial charge on any atom is 0.269 e. The number of carbonyl (C=O) groups is 1. The van der Waals surface area contributed by atoms with Gasteiger partial charge in [0.1, 0.15) is 4.88 Å². The summed E-state index contributed by atoms with van der Waals surface area (Å²) in [4.78, 5) is 12.4. The second-order valence-electron chi connectivity index (χ2n) is 4.14. The molecule has 1 amide bonds. The fourth-order valence-corrected chi connectivity index (χ4v) is 2.20. The van der Waals surface area contributed by atoms with Crippen molar-refractivity contribution in [3.63, 3.8) is 0 Å². The fourth-order valence-electron chi connectivity index (χ4n) is 1.79. The molecule has 6 nitrogen and oxygen atoms in total. The average Bonchev–Trinajstić information content (AvgIpc) is 3.12. The van der Waals surface area contributed by atoms with Crippen LogP contribution < -0.4 is 5.32 Å². The highest BCUT2D eigenvalue weighted by Gasteiger charge is 2.08. The van der Waals surface area contributed by atoms with Crippen molar-refractivity contribution < 1.29 is 4.79 Å². The van der Waals surface area contributed by atoms with Gasteiger partial charge >= 0.3 is 0 Å². The lowest BCUT2D eigenvalue weighted by Gasteiger charge is -2.06. The molecule has 0 unspecified atom stereocenters. The van der Waals surface area contributed by atoms with Crippen molar-refractivity contribution >= 4 is 23.1 Å². The van der Waals surface area contributed by atoms with E-state index in [1.54, 1.807) is 6.20 Å². The molecule has 1 aromatic carbocycles. The molecule has 2 heterocycles. The van der Waals surface area contributed by atoms with Gasteiger partial charge in [-0.3, -0.25) is 9.48 Å². The zero-order valence-corrected chi connectivity index (χ0v) is 11.2. The summed E-state index contributed by atoms with van der Waals surface area (Å²) in [7, 11) is 0. The van der Waals surface area contributed by atoms with Crippen LogP contribution in [0, 0.1) is 0 Å². The molecule has 0 bridgehead atoms. The molecule has 0 aliphatic carbocycles. The molecule has 0 spiro atoms. The Morgan fingerprint density at radius 3 is 3.05 bits per heavy atom. The van der Waals surface area contributed by atoms with Crippen LogP contribution in [0.2, 0.25) is 0 Å². The van der Waals surface area contributed by atoms with Crippen molar-refractivity contribution in [2.24, 2.45) is 0 Å². The van der Waals surface area contributed by atoms with Crippen LogP contribution in [0.3, 0.4) is 0 Å². The Bertz CT molecular complexity index is 693. The van der Waals surface area contributed by atoms with E-state index in [2.05, 4.69) is 20.0 Å². The van der Waals surface area contributed by atoms with Gasteiger partial charge in [0, 0.05) is 18.1 Å². The number of carbonyl (C=O) groups excluding carboxylic acids is 1. The molecule has 1 N–H and O–H groups in total. The van der Waals surface area contributed by atoms with E-state index >= 15 is 0 Å². The van der Waals surface area contributed by atoms with Gasteiger partial charge in [0.25, 0.3) is 5.91 Å². The molecule has 0 saturated carbocycles. The molecule has 0 saturated heterocycles. The van der Waals surface area contributed by atoms with E-state index in [0.29, 0.717) is 11.4 Å². The van der Waals surface area contributed by atoms with Gasteiger partial charge in [-0.25, -0.2) is 0 Å². The molecule has 2 aromatic heterocycles. The molecule has 0 aliphatic heterocycles. The first-order valence-corrected chi connectivity index (χ1v) is 6.74. The van der Waals surface area contributed by atoms with Crippen LogP contribution in [-0.2, 0) is 6.54 Å². The van der Waals surface area contributed by atoms with Gasteiger partial charge in [-0.2, -0.15) is 5.10 Å². The number of rotatable bonds is 4. The Morgan fingerprint density at radius 1 is 1.35 bits per heavy atom. The van der Waals surface area contributed by atoms with Gasteiger partial charge in [-0.15, -0.1) is 5.10 Å². The third-order valence-corrected chi connectivity index (χ3v) is 3.34. The lowest BCUT2D eigenvalue weighted by atomic mass is 10.2. The Balaban J connectivity index is 1.73. The summed E-state index contributed by atoms with van der Waals surface area (Å²) in [6, 6.07) is 9.54. The second-order valence-corrected chi connectivity index (χ2v) is 4.93. The molecule has 100 valence electrons. The molecule has 0 radical (unpaired) electrons. The van der Waals surface area contributed by atoms with Gasteiger partial charge in [0.2, 0.25) is 0 Å². The van der Waals surface area contributed by atoms with Crippen molar-refractivity contribution in [3.8, 4) is 0 Å². The summed E-state index contributed by atoms with van der Waals surface area (Å²) in [6.07, 6.45) is 5.09. The average molecular weight is 285 g/mol. The maximum absolute atomic E-state index is 11.9. The topological polar surface area (TPSA) is 72.7 Å². The van der Waals surface area contributed by atoms with Crippen LogP contribution in [0.15, 0.2) is 48.9 Å². The van der Waals surface area contributed by atoms with Gasteiger partial charge < -0.3 is 5.32 Å². The Labute approximate surface area is 119 Å². The first-order chi connectivity index (χ1) is 9.81. The molecule has 3 aromatic rings. The van der Waals surface area contributed by atoms with Crippen molar-refractivity contribution in [1.29, 1.82) is 0 Å². The molecule has 0 atom stereocenters. The van der Waals surface area contributed by atoms with Crippen LogP contribution >= 0.6 is 11.5 Å². The van der Waals surface area contributed by atoms with Gasteiger partial charge in [0.05, 0.1) is 12.7 Å². The lowest BCUT2D eigenvalue weighted by molar-refractivity contribution is 0.103. The number of anilines is 1. The summed E-state index contributed by atoms with van der Waals surface area (Å²) in [6.45, 7) is 0.665. The Kier molecular flexibility index (Phi) is 3.51. The smallest absolute Gasteiger partial charge is 0.269 e. The van der Waals surface area contributed by atoms with Crippen LogP contribution in [0.4, 0.5) is 5.69 Å². The Hall–Kier alpha value is -2.54. The fraction of sp³-hybridized carbons (Fsp3) is 0.0769. The number of aromatic nitrogens is 4. The van der Waals surface area contributed by atoms with Crippen molar-refractivity contribution in [2.45, 2.75) is 6.54 Å². The van der Waals surface area contributed by atoms with Crippen molar-refractivity contribution in [1.82, 2.24) is 19.4 Å². The number of amides is 1. The number of nitrogens with zero attached hydrogens (tertiary/aromatic N) is 4. The summed E-state index contributed by atoms with van der Waals surface area (Å²) >= 11 is 1.07. The van der Waals surface area contributed by atoms with E-state index in [0.717, 1.165) is 22.8 Å². The van der Waals surface area contributed by atoms with Crippen LogP contribution in [0.5, 0.6) is 0 Å². The van der Waals surface area contributed by atoms with Crippen molar-refractivity contribution in [3.05, 3.63) is 59.4 Å². The van der Waals surface area contributed by atoms with E-state index in [-0.39, 0.29) is 5.91 Å². The van der Waals surface area contributed by atoms with Crippen molar-refractivity contribution in [2.75, 3.05) is 5.32 Å². The first kappa shape index (κ1) is 12.5. The summed E-state index contributed by atoms with van der Waals surface area (Å²) in [5, 5.41) is 10.6. The minimum Gasteiger partial charge on any atom is -0.321 e. The second kappa shape index (κ2) is 5.62. The van der Waals surface area contributed by atoms with Crippen LogP contribution in [0.1, 0.15) is 15.2 Å². The molecule has 7 heteroatoms. The summed E-state index contributed by atoms with van der Waals surface area (Å²) in [5.41, 5.74) is 1.81. The molecule has 0 aliphatic rings. The van der Waals surface area contributed by atoms with Gasteiger partial charge in [-0.1, -0.05) is 16.6 Å².